The van der Waals surface area contributed by atoms with Crippen molar-refractivity contribution in [1.29, 1.82) is 0 Å². The zero-order chi connectivity index (χ0) is 12.5. The molecule has 0 aliphatic heterocycles. The van der Waals surface area contributed by atoms with Crippen LogP contribution in [0.15, 0.2) is 42.5 Å². The topological polar surface area (TPSA) is 48.1 Å². The molecule has 0 atom stereocenters. The van der Waals surface area contributed by atoms with Gasteiger partial charge in [-0.2, -0.15) is 0 Å². The second-order valence-corrected chi connectivity index (χ2v) is 4.73. The van der Waals surface area contributed by atoms with E-state index in [4.69, 9.17) is 10.5 Å². The summed E-state index contributed by atoms with van der Waals surface area (Å²) in [4.78, 5) is 4.26. The maximum atomic E-state index is 13.4. The SMILES string of the molecule is Nc1ccc2nc(Oc3ccccc3F)sc2c1. The first kappa shape index (κ1) is 11.0. The molecule has 0 saturated carbocycles. The highest BCUT2D eigenvalue weighted by molar-refractivity contribution is 7.20. The van der Waals surface area contributed by atoms with Crippen LogP contribution in [-0.2, 0) is 0 Å². The number of nitrogens with zero attached hydrogens (tertiary/aromatic N) is 1. The Balaban J connectivity index is 1.98. The lowest BCUT2D eigenvalue weighted by Gasteiger charge is -2.01. The molecular weight excluding hydrogens is 251 g/mol. The van der Waals surface area contributed by atoms with Crippen LogP contribution in [0.3, 0.4) is 0 Å². The molecule has 18 heavy (non-hydrogen) atoms. The molecule has 0 aliphatic carbocycles. The number of halogens is 1. The molecule has 1 heterocycles. The van der Waals surface area contributed by atoms with Crippen molar-refractivity contribution in [1.82, 2.24) is 4.98 Å². The summed E-state index contributed by atoms with van der Waals surface area (Å²) < 4.78 is 19.8. The van der Waals surface area contributed by atoms with E-state index in [0.717, 1.165) is 10.2 Å². The Hall–Kier alpha value is -2.14. The van der Waals surface area contributed by atoms with Crippen molar-refractivity contribution in [2.75, 3.05) is 5.73 Å². The van der Waals surface area contributed by atoms with Gasteiger partial charge in [-0.25, -0.2) is 9.37 Å². The molecule has 0 saturated heterocycles. The van der Waals surface area contributed by atoms with Crippen molar-refractivity contribution in [3.8, 4) is 10.9 Å². The first-order valence-electron chi connectivity index (χ1n) is 5.31. The number of hydrogen-bond acceptors (Lipinski definition) is 4. The normalized spacial score (nSPS) is 10.7. The first-order chi connectivity index (χ1) is 8.72. The quantitative estimate of drug-likeness (QED) is 0.713. The van der Waals surface area contributed by atoms with E-state index in [1.165, 1.54) is 17.4 Å². The van der Waals surface area contributed by atoms with E-state index >= 15 is 0 Å². The minimum atomic E-state index is -0.406. The van der Waals surface area contributed by atoms with Crippen molar-refractivity contribution in [3.05, 3.63) is 48.3 Å². The lowest BCUT2D eigenvalue weighted by atomic mass is 10.3. The Bertz CT molecular complexity index is 711. The number of aromatic nitrogens is 1. The lowest BCUT2D eigenvalue weighted by Crippen LogP contribution is -1.86. The van der Waals surface area contributed by atoms with Gasteiger partial charge in [-0.15, -0.1) is 0 Å². The Labute approximate surface area is 107 Å². The van der Waals surface area contributed by atoms with Crippen LogP contribution in [0.2, 0.25) is 0 Å². The molecule has 0 spiro atoms. The minimum Gasteiger partial charge on any atom is -0.428 e. The van der Waals surface area contributed by atoms with Gasteiger partial charge in [-0.1, -0.05) is 23.5 Å². The van der Waals surface area contributed by atoms with Gasteiger partial charge < -0.3 is 10.5 Å². The average molecular weight is 260 g/mol. The standard InChI is InChI=1S/C13H9FN2OS/c14-9-3-1-2-4-11(9)17-13-16-10-6-5-8(15)7-12(10)18-13/h1-7H,15H2. The first-order valence-corrected chi connectivity index (χ1v) is 6.12. The van der Waals surface area contributed by atoms with Crippen LogP contribution in [0.1, 0.15) is 0 Å². The number of ether oxygens (including phenoxy) is 1. The molecule has 5 heteroatoms. The van der Waals surface area contributed by atoms with Crippen molar-refractivity contribution in [2.45, 2.75) is 0 Å². The number of benzene rings is 2. The van der Waals surface area contributed by atoms with Crippen molar-refractivity contribution >= 4 is 27.2 Å². The van der Waals surface area contributed by atoms with Crippen LogP contribution in [0, 0.1) is 5.82 Å². The van der Waals surface area contributed by atoms with Crippen LogP contribution in [0.4, 0.5) is 10.1 Å². The summed E-state index contributed by atoms with van der Waals surface area (Å²) in [6, 6.07) is 11.6. The fraction of sp³-hybridized carbons (Fsp3) is 0. The van der Waals surface area contributed by atoms with E-state index < -0.39 is 5.82 Å². The molecule has 3 nitrogen and oxygen atoms in total. The molecule has 0 aliphatic rings. The number of nitrogens with two attached hydrogens (primary N) is 1. The van der Waals surface area contributed by atoms with Crippen LogP contribution >= 0.6 is 11.3 Å². The fourth-order valence-corrected chi connectivity index (χ4v) is 2.46. The van der Waals surface area contributed by atoms with Crippen LogP contribution in [0.5, 0.6) is 10.9 Å². The number of rotatable bonds is 2. The number of anilines is 1. The maximum absolute atomic E-state index is 13.4. The molecule has 2 N–H and O–H groups in total. The number of thiazole rings is 1. The van der Waals surface area contributed by atoms with E-state index in [9.17, 15) is 4.39 Å². The van der Waals surface area contributed by atoms with Crippen LogP contribution in [-0.4, -0.2) is 4.98 Å². The monoisotopic (exact) mass is 260 g/mol. The maximum Gasteiger partial charge on any atom is 0.279 e. The lowest BCUT2D eigenvalue weighted by molar-refractivity contribution is 0.440. The van der Waals surface area contributed by atoms with E-state index in [-0.39, 0.29) is 5.75 Å². The third-order valence-electron chi connectivity index (χ3n) is 2.43. The van der Waals surface area contributed by atoms with E-state index in [1.807, 2.05) is 12.1 Å². The summed E-state index contributed by atoms with van der Waals surface area (Å²) in [5.41, 5.74) is 7.15. The molecule has 2 aromatic carbocycles. The van der Waals surface area contributed by atoms with Crippen LogP contribution < -0.4 is 10.5 Å². The summed E-state index contributed by atoms with van der Waals surface area (Å²) in [7, 11) is 0. The van der Waals surface area contributed by atoms with Gasteiger partial charge >= 0.3 is 0 Å². The van der Waals surface area contributed by atoms with Gasteiger partial charge in [0, 0.05) is 5.69 Å². The number of fused-ring (bicyclic) bond motifs is 1. The molecule has 0 radical (unpaired) electrons. The highest BCUT2D eigenvalue weighted by Crippen LogP contribution is 2.32. The van der Waals surface area contributed by atoms with Gasteiger partial charge in [0.15, 0.2) is 11.6 Å². The second-order valence-electron chi connectivity index (χ2n) is 3.74. The second kappa shape index (κ2) is 4.27. The van der Waals surface area contributed by atoms with Gasteiger partial charge in [-0.3, -0.25) is 0 Å². The molecule has 3 rings (SSSR count). The smallest absolute Gasteiger partial charge is 0.279 e. The fourth-order valence-electron chi connectivity index (χ4n) is 1.59. The molecule has 1 aromatic heterocycles. The summed E-state index contributed by atoms with van der Waals surface area (Å²) in [5, 5.41) is 0.403. The Morgan fingerprint density at radius 1 is 1.17 bits per heavy atom. The van der Waals surface area contributed by atoms with E-state index in [1.54, 1.807) is 24.3 Å². The summed E-state index contributed by atoms with van der Waals surface area (Å²) >= 11 is 1.33. The van der Waals surface area contributed by atoms with Crippen LogP contribution in [0.25, 0.3) is 10.2 Å². The van der Waals surface area contributed by atoms with Crippen molar-refractivity contribution in [2.24, 2.45) is 0 Å². The summed E-state index contributed by atoms with van der Waals surface area (Å²) in [6.07, 6.45) is 0. The van der Waals surface area contributed by atoms with Gasteiger partial charge in [0.25, 0.3) is 5.19 Å². The van der Waals surface area contributed by atoms with Gasteiger partial charge in [0.1, 0.15) is 0 Å². The predicted molar refractivity (Wildman–Crippen MR) is 70.5 cm³/mol. The Morgan fingerprint density at radius 2 is 2.00 bits per heavy atom. The summed E-state index contributed by atoms with van der Waals surface area (Å²) in [5.74, 6) is -0.235. The molecule has 0 bridgehead atoms. The van der Waals surface area contributed by atoms with E-state index in [2.05, 4.69) is 4.98 Å². The largest absolute Gasteiger partial charge is 0.428 e. The van der Waals surface area contributed by atoms with Crippen molar-refractivity contribution in [3.63, 3.8) is 0 Å². The minimum absolute atomic E-state index is 0.171. The van der Waals surface area contributed by atoms with Gasteiger partial charge in [-0.05, 0) is 30.3 Å². The zero-order valence-electron chi connectivity index (χ0n) is 9.26. The highest BCUT2D eigenvalue weighted by atomic mass is 32.1. The molecule has 90 valence electrons. The third-order valence-corrected chi connectivity index (χ3v) is 3.32. The Morgan fingerprint density at radius 3 is 2.83 bits per heavy atom. The molecule has 0 amide bonds. The highest BCUT2D eigenvalue weighted by Gasteiger charge is 2.08. The zero-order valence-corrected chi connectivity index (χ0v) is 10.1. The molecule has 3 aromatic rings. The predicted octanol–water partition coefficient (Wildman–Crippen LogP) is 3.81. The van der Waals surface area contributed by atoms with E-state index in [0.29, 0.717) is 10.9 Å². The summed E-state index contributed by atoms with van der Waals surface area (Å²) in [6.45, 7) is 0. The average Bonchev–Trinajstić information content (AvgIpc) is 2.73. The Kier molecular flexibility index (Phi) is 2.60. The third kappa shape index (κ3) is 2.00. The van der Waals surface area contributed by atoms with Gasteiger partial charge in [0.05, 0.1) is 10.2 Å². The number of nitrogen functional groups attached to an aromatic ring is 1. The number of para-hydroxylation sites is 1. The number of hydrogen-bond donors (Lipinski definition) is 1. The molecular formula is C13H9FN2OS. The van der Waals surface area contributed by atoms with Crippen molar-refractivity contribution < 1.29 is 9.13 Å². The van der Waals surface area contributed by atoms with Gasteiger partial charge in [0.2, 0.25) is 0 Å². The molecule has 0 fully saturated rings. The molecule has 0 unspecified atom stereocenters.